The Morgan fingerprint density at radius 3 is 1.38 bits per heavy atom. The summed E-state index contributed by atoms with van der Waals surface area (Å²) in [5.74, 6) is -0.547. The normalized spacial score (nSPS) is 16.6. The lowest BCUT2D eigenvalue weighted by molar-refractivity contribution is -0.120. The lowest BCUT2D eigenvalue weighted by atomic mass is 10.0. The number of H-pyrrole nitrogens is 1. The SMILES string of the molecule is O=C(Nc1ccc(-c2n[nH]nc2-c2ccc(NC(=O)[C@@H]3CCCN3C(=O)OCc3ccccc3)cc2)cc1)[C@@H]1CCCN1C(=O)OCc1ccccc1. The molecular formula is C40H39N7O6. The molecule has 1 aromatic heterocycles. The average Bonchev–Trinajstić information content (AvgIpc) is 4.00. The summed E-state index contributed by atoms with van der Waals surface area (Å²) in [4.78, 5) is 55.0. The van der Waals surface area contributed by atoms with Gasteiger partial charge in [0.15, 0.2) is 0 Å². The van der Waals surface area contributed by atoms with Crippen molar-refractivity contribution in [2.45, 2.75) is 51.0 Å². The van der Waals surface area contributed by atoms with Gasteiger partial charge in [0.25, 0.3) is 0 Å². The Morgan fingerprint density at radius 2 is 0.981 bits per heavy atom. The van der Waals surface area contributed by atoms with Crippen molar-refractivity contribution in [2.24, 2.45) is 0 Å². The molecular weight excluding hydrogens is 674 g/mol. The van der Waals surface area contributed by atoms with Gasteiger partial charge in [-0.15, -0.1) is 0 Å². The van der Waals surface area contributed by atoms with Crippen LogP contribution in [0, 0.1) is 0 Å². The molecule has 0 aliphatic carbocycles. The molecule has 2 aliphatic heterocycles. The van der Waals surface area contributed by atoms with Gasteiger partial charge in [-0.3, -0.25) is 19.4 Å². The van der Waals surface area contributed by atoms with E-state index in [4.69, 9.17) is 9.47 Å². The van der Waals surface area contributed by atoms with E-state index in [-0.39, 0.29) is 25.0 Å². The summed E-state index contributed by atoms with van der Waals surface area (Å²) in [6.07, 6.45) is 1.52. The number of carbonyl (C=O) groups excluding carboxylic acids is 4. The number of aromatic nitrogens is 3. The van der Waals surface area contributed by atoms with Crippen molar-refractivity contribution in [3.05, 3.63) is 120 Å². The van der Waals surface area contributed by atoms with Crippen LogP contribution in [0.4, 0.5) is 21.0 Å². The lowest BCUT2D eigenvalue weighted by Crippen LogP contribution is -2.43. The fraction of sp³-hybridized carbons (Fsp3) is 0.250. The predicted octanol–water partition coefficient (Wildman–Crippen LogP) is 6.62. The van der Waals surface area contributed by atoms with Gasteiger partial charge in [-0.05, 0) is 61.1 Å². The molecule has 270 valence electrons. The highest BCUT2D eigenvalue weighted by Crippen LogP contribution is 2.31. The highest BCUT2D eigenvalue weighted by molar-refractivity contribution is 5.98. The van der Waals surface area contributed by atoms with Crippen LogP contribution in [0.25, 0.3) is 22.5 Å². The molecule has 2 aliphatic rings. The Labute approximate surface area is 306 Å². The third-order valence-electron chi connectivity index (χ3n) is 9.39. The van der Waals surface area contributed by atoms with E-state index in [2.05, 4.69) is 26.0 Å². The largest absolute Gasteiger partial charge is 0.445 e. The van der Waals surface area contributed by atoms with Crippen molar-refractivity contribution in [3.63, 3.8) is 0 Å². The molecule has 0 bridgehead atoms. The molecule has 13 heteroatoms. The zero-order valence-corrected chi connectivity index (χ0v) is 28.9. The summed E-state index contributed by atoms with van der Waals surface area (Å²) < 4.78 is 11.0. The number of amides is 4. The molecule has 3 heterocycles. The van der Waals surface area contributed by atoms with E-state index in [1.807, 2.05) is 84.9 Å². The van der Waals surface area contributed by atoms with Crippen molar-refractivity contribution in [3.8, 4) is 22.5 Å². The Morgan fingerprint density at radius 1 is 0.585 bits per heavy atom. The van der Waals surface area contributed by atoms with Gasteiger partial charge in [0.2, 0.25) is 11.8 Å². The number of hydrogen-bond donors (Lipinski definition) is 3. The number of aromatic amines is 1. The van der Waals surface area contributed by atoms with E-state index in [0.29, 0.717) is 61.5 Å². The highest BCUT2D eigenvalue weighted by atomic mass is 16.6. The number of likely N-dealkylation sites (tertiary alicyclic amines) is 2. The maximum Gasteiger partial charge on any atom is 0.410 e. The Kier molecular flexibility index (Phi) is 10.7. The fourth-order valence-electron chi connectivity index (χ4n) is 6.63. The first-order valence-electron chi connectivity index (χ1n) is 17.6. The van der Waals surface area contributed by atoms with Crippen LogP contribution in [0.2, 0.25) is 0 Å². The van der Waals surface area contributed by atoms with Gasteiger partial charge >= 0.3 is 12.2 Å². The molecule has 0 radical (unpaired) electrons. The molecule has 0 spiro atoms. The van der Waals surface area contributed by atoms with E-state index in [1.54, 1.807) is 24.3 Å². The van der Waals surface area contributed by atoms with Crippen LogP contribution < -0.4 is 10.6 Å². The van der Waals surface area contributed by atoms with E-state index in [0.717, 1.165) is 22.3 Å². The maximum absolute atomic E-state index is 13.2. The van der Waals surface area contributed by atoms with E-state index < -0.39 is 24.3 Å². The molecule has 4 aromatic carbocycles. The second-order valence-electron chi connectivity index (χ2n) is 12.9. The summed E-state index contributed by atoms with van der Waals surface area (Å²) in [6.45, 7) is 1.20. The van der Waals surface area contributed by atoms with Crippen molar-refractivity contribution < 1.29 is 28.7 Å². The van der Waals surface area contributed by atoms with E-state index in [9.17, 15) is 19.2 Å². The van der Waals surface area contributed by atoms with Gasteiger partial charge in [-0.2, -0.15) is 15.4 Å². The van der Waals surface area contributed by atoms with E-state index in [1.165, 1.54) is 9.80 Å². The predicted molar refractivity (Wildman–Crippen MR) is 197 cm³/mol. The van der Waals surface area contributed by atoms with E-state index >= 15 is 0 Å². The third kappa shape index (κ3) is 8.36. The van der Waals surface area contributed by atoms with Gasteiger partial charge in [0.05, 0.1) is 0 Å². The Bertz CT molecular complexity index is 1890. The van der Waals surface area contributed by atoms with Crippen LogP contribution in [0.5, 0.6) is 0 Å². The van der Waals surface area contributed by atoms with Crippen molar-refractivity contribution in [2.75, 3.05) is 23.7 Å². The van der Waals surface area contributed by atoms with Crippen molar-refractivity contribution in [1.82, 2.24) is 25.2 Å². The monoisotopic (exact) mass is 713 g/mol. The molecule has 2 fully saturated rings. The van der Waals surface area contributed by atoms with Crippen molar-refractivity contribution in [1.29, 1.82) is 0 Å². The molecule has 4 amide bonds. The number of nitrogens with one attached hydrogen (secondary N) is 3. The molecule has 5 aromatic rings. The molecule has 53 heavy (non-hydrogen) atoms. The van der Waals surface area contributed by atoms with Crippen LogP contribution in [0.3, 0.4) is 0 Å². The van der Waals surface area contributed by atoms with Gasteiger partial charge in [0.1, 0.15) is 36.7 Å². The molecule has 2 atom stereocenters. The van der Waals surface area contributed by atoms with Gasteiger partial charge < -0.3 is 20.1 Å². The second kappa shape index (κ2) is 16.2. The minimum atomic E-state index is -0.619. The summed E-state index contributed by atoms with van der Waals surface area (Å²) >= 11 is 0. The zero-order valence-electron chi connectivity index (χ0n) is 28.9. The number of ether oxygens (including phenoxy) is 2. The molecule has 13 nitrogen and oxygen atoms in total. The summed E-state index contributed by atoms with van der Waals surface area (Å²) in [6, 6.07) is 32.1. The van der Waals surface area contributed by atoms with Crippen LogP contribution in [-0.4, -0.2) is 74.4 Å². The Balaban J connectivity index is 0.933. The maximum atomic E-state index is 13.2. The first-order valence-corrected chi connectivity index (χ1v) is 17.6. The van der Waals surface area contributed by atoms with Crippen LogP contribution in [0.15, 0.2) is 109 Å². The smallest absolute Gasteiger partial charge is 0.410 e. The number of rotatable bonds is 10. The number of nitrogens with zero attached hydrogens (tertiary/aromatic N) is 4. The average molecular weight is 714 g/mol. The minimum absolute atomic E-state index is 0.144. The summed E-state index contributed by atoms with van der Waals surface area (Å²) in [5, 5.41) is 17.3. The third-order valence-corrected chi connectivity index (χ3v) is 9.39. The summed E-state index contributed by atoms with van der Waals surface area (Å²) in [7, 11) is 0. The molecule has 3 N–H and O–H groups in total. The first kappa shape index (κ1) is 34.9. The number of hydrogen-bond acceptors (Lipinski definition) is 8. The van der Waals surface area contributed by atoms with Gasteiger partial charge in [0, 0.05) is 35.6 Å². The van der Waals surface area contributed by atoms with Gasteiger partial charge in [-0.25, -0.2) is 9.59 Å². The quantitative estimate of drug-likeness (QED) is 0.146. The number of carbonyl (C=O) groups is 4. The number of benzene rings is 4. The Hall–Kier alpha value is -6.50. The van der Waals surface area contributed by atoms with Crippen LogP contribution in [-0.2, 0) is 32.3 Å². The standard InChI is InChI=1S/C40H39N7O6/c48-37(33-13-7-23-46(33)39(50)52-25-27-9-3-1-4-10-27)41-31-19-15-29(16-20-31)35-36(44-45-43-35)30-17-21-32(22-18-30)42-38(49)34-14-8-24-47(34)40(51)53-26-28-11-5-2-6-12-28/h1-6,9-12,15-22,33-34H,7-8,13-14,23-26H2,(H,41,48)(H,42,49)(H,43,44,45)/t33-,34-/m0/s1. The topological polar surface area (TPSA) is 159 Å². The minimum Gasteiger partial charge on any atom is -0.445 e. The summed E-state index contributed by atoms with van der Waals surface area (Å²) in [5.41, 5.74) is 5.69. The molecule has 2 saturated heterocycles. The highest BCUT2D eigenvalue weighted by Gasteiger charge is 2.36. The fourth-order valence-corrected chi connectivity index (χ4v) is 6.63. The first-order chi connectivity index (χ1) is 25.9. The van der Waals surface area contributed by atoms with Crippen molar-refractivity contribution >= 4 is 35.4 Å². The zero-order chi connectivity index (χ0) is 36.6. The van der Waals surface area contributed by atoms with Crippen LogP contribution >= 0.6 is 0 Å². The van der Waals surface area contributed by atoms with Gasteiger partial charge in [-0.1, -0.05) is 84.9 Å². The number of anilines is 2. The van der Waals surface area contributed by atoms with Crippen LogP contribution in [0.1, 0.15) is 36.8 Å². The lowest BCUT2D eigenvalue weighted by Gasteiger charge is -2.23. The molecule has 0 unspecified atom stereocenters. The molecule has 7 rings (SSSR count). The second-order valence-corrected chi connectivity index (χ2v) is 12.9. The molecule has 0 saturated carbocycles.